The van der Waals surface area contributed by atoms with E-state index in [0.29, 0.717) is 11.0 Å². The van der Waals surface area contributed by atoms with E-state index in [0.717, 1.165) is 21.3 Å². The lowest BCUT2D eigenvalue weighted by molar-refractivity contribution is -0.111. The minimum atomic E-state index is -0.174. The highest BCUT2D eigenvalue weighted by atomic mass is 79.9. The Morgan fingerprint density at radius 1 is 1.15 bits per heavy atom. The predicted molar refractivity (Wildman–Crippen MR) is 117 cm³/mol. The van der Waals surface area contributed by atoms with E-state index < -0.39 is 0 Å². The maximum Gasteiger partial charge on any atom is 0.250 e. The van der Waals surface area contributed by atoms with Crippen LogP contribution in [0.1, 0.15) is 41.3 Å². The normalized spacial score (nSPS) is 11.3. The zero-order valence-electron chi connectivity index (χ0n) is 15.3. The number of carbonyl (C=O) groups is 1. The first kappa shape index (κ1) is 19.5. The van der Waals surface area contributed by atoms with E-state index in [1.807, 2.05) is 36.5 Å². The van der Waals surface area contributed by atoms with Gasteiger partial charge in [0, 0.05) is 28.0 Å². The third-order valence-corrected chi connectivity index (χ3v) is 5.55. The van der Waals surface area contributed by atoms with Crippen LogP contribution < -0.4 is 5.32 Å². The Labute approximate surface area is 172 Å². The second kappa shape index (κ2) is 9.11. The summed E-state index contributed by atoms with van der Waals surface area (Å²) >= 11 is 4.94. The van der Waals surface area contributed by atoms with Crippen molar-refractivity contribution < 1.29 is 4.79 Å². The quantitative estimate of drug-likeness (QED) is 0.458. The van der Waals surface area contributed by atoms with Gasteiger partial charge < -0.3 is 0 Å². The Kier molecular flexibility index (Phi) is 6.58. The van der Waals surface area contributed by atoms with Crippen molar-refractivity contribution >= 4 is 44.4 Å². The minimum Gasteiger partial charge on any atom is -0.298 e. The molecule has 0 radical (unpaired) electrons. The van der Waals surface area contributed by atoms with Crippen molar-refractivity contribution in [2.24, 2.45) is 0 Å². The Morgan fingerprint density at radius 2 is 1.85 bits per heavy atom. The third kappa shape index (κ3) is 5.88. The Morgan fingerprint density at radius 3 is 2.52 bits per heavy atom. The molecule has 0 fully saturated rings. The van der Waals surface area contributed by atoms with E-state index in [9.17, 15) is 4.79 Å². The van der Waals surface area contributed by atoms with E-state index >= 15 is 0 Å². The van der Waals surface area contributed by atoms with Crippen LogP contribution in [0, 0.1) is 0 Å². The Bertz CT molecular complexity index is 928. The van der Waals surface area contributed by atoms with Gasteiger partial charge in [-0.1, -0.05) is 66.2 Å². The molecule has 3 nitrogen and oxygen atoms in total. The molecule has 1 N–H and O–H groups in total. The van der Waals surface area contributed by atoms with Crippen molar-refractivity contribution in [2.75, 3.05) is 5.32 Å². The highest BCUT2D eigenvalue weighted by Gasteiger charge is 2.06. The predicted octanol–water partition coefficient (Wildman–Crippen LogP) is 6.27. The van der Waals surface area contributed by atoms with Crippen LogP contribution in [0.5, 0.6) is 0 Å². The van der Waals surface area contributed by atoms with Gasteiger partial charge in [0.1, 0.15) is 0 Å². The number of benzene rings is 2. The van der Waals surface area contributed by atoms with E-state index in [1.54, 1.807) is 6.08 Å². The van der Waals surface area contributed by atoms with Gasteiger partial charge in [-0.15, -0.1) is 11.3 Å². The van der Waals surface area contributed by atoms with Crippen molar-refractivity contribution in [3.63, 3.8) is 0 Å². The van der Waals surface area contributed by atoms with E-state index in [-0.39, 0.29) is 5.91 Å². The highest BCUT2D eigenvalue weighted by Crippen LogP contribution is 2.22. The Balaban J connectivity index is 1.56. The third-order valence-electron chi connectivity index (χ3n) is 4.11. The summed E-state index contributed by atoms with van der Waals surface area (Å²) in [6, 6.07) is 16.5. The molecule has 1 amide bonds. The van der Waals surface area contributed by atoms with Crippen LogP contribution in [-0.2, 0) is 11.2 Å². The number of hydrogen-bond acceptors (Lipinski definition) is 3. The second-order valence-electron chi connectivity index (χ2n) is 6.58. The fourth-order valence-corrected chi connectivity index (χ4v) is 3.68. The summed E-state index contributed by atoms with van der Waals surface area (Å²) < 4.78 is 1.06. The molecule has 3 rings (SSSR count). The number of nitrogens with one attached hydrogen (secondary N) is 1. The summed E-state index contributed by atoms with van der Waals surface area (Å²) in [6.45, 7) is 4.33. The van der Waals surface area contributed by atoms with Crippen LogP contribution in [0.25, 0.3) is 6.08 Å². The molecule has 5 heteroatoms. The monoisotopic (exact) mass is 440 g/mol. The fraction of sp³-hybridized carbons (Fsp3) is 0.182. The molecule has 0 saturated carbocycles. The van der Waals surface area contributed by atoms with Crippen LogP contribution >= 0.6 is 27.3 Å². The van der Waals surface area contributed by atoms with Gasteiger partial charge in [-0.3, -0.25) is 10.1 Å². The number of hydrogen-bond donors (Lipinski definition) is 1. The lowest BCUT2D eigenvalue weighted by Gasteiger charge is -2.04. The minimum absolute atomic E-state index is 0.174. The van der Waals surface area contributed by atoms with Gasteiger partial charge in [0.2, 0.25) is 5.91 Å². The van der Waals surface area contributed by atoms with E-state index in [1.165, 1.54) is 22.5 Å². The molecule has 0 bridgehead atoms. The summed E-state index contributed by atoms with van der Waals surface area (Å²) in [7, 11) is 0. The zero-order valence-corrected chi connectivity index (χ0v) is 17.7. The molecule has 0 spiro atoms. The molecule has 0 aliphatic carbocycles. The molecule has 0 unspecified atom stereocenters. The number of thiazole rings is 1. The van der Waals surface area contributed by atoms with Crippen molar-refractivity contribution in [1.29, 1.82) is 0 Å². The van der Waals surface area contributed by atoms with Crippen molar-refractivity contribution in [3.8, 4) is 0 Å². The molecule has 0 aliphatic rings. The molecular weight excluding hydrogens is 420 g/mol. The molecule has 1 heterocycles. The van der Waals surface area contributed by atoms with Gasteiger partial charge in [-0.05, 0) is 40.8 Å². The summed E-state index contributed by atoms with van der Waals surface area (Å²) in [4.78, 5) is 17.5. The number of nitrogens with zero attached hydrogens (tertiary/aromatic N) is 1. The van der Waals surface area contributed by atoms with Gasteiger partial charge in [0.05, 0.1) is 0 Å². The molecule has 0 atom stereocenters. The topological polar surface area (TPSA) is 42.0 Å². The largest absolute Gasteiger partial charge is 0.298 e. The average Bonchev–Trinajstić information content (AvgIpc) is 3.09. The number of halogens is 1. The van der Waals surface area contributed by atoms with Crippen LogP contribution in [-0.4, -0.2) is 10.9 Å². The lowest BCUT2D eigenvalue weighted by Crippen LogP contribution is -2.07. The number of amides is 1. The molecule has 2 aromatic carbocycles. The number of anilines is 1. The van der Waals surface area contributed by atoms with Crippen LogP contribution in [0.4, 0.5) is 5.13 Å². The molecule has 0 aliphatic heterocycles. The molecule has 138 valence electrons. The zero-order chi connectivity index (χ0) is 19.2. The smallest absolute Gasteiger partial charge is 0.250 e. The summed E-state index contributed by atoms with van der Waals surface area (Å²) in [5.74, 6) is 0.329. The van der Waals surface area contributed by atoms with Crippen molar-refractivity contribution in [1.82, 2.24) is 4.98 Å². The Hall–Kier alpha value is -2.24. The van der Waals surface area contributed by atoms with Gasteiger partial charge in [-0.2, -0.15) is 0 Å². The summed E-state index contributed by atoms with van der Waals surface area (Å²) in [5, 5.41) is 3.45. The first-order valence-electron chi connectivity index (χ1n) is 8.78. The van der Waals surface area contributed by atoms with Crippen LogP contribution in [0.15, 0.2) is 65.3 Å². The highest BCUT2D eigenvalue weighted by molar-refractivity contribution is 9.10. The summed E-state index contributed by atoms with van der Waals surface area (Å²) in [6.07, 6.45) is 5.98. The molecule has 27 heavy (non-hydrogen) atoms. The van der Waals surface area contributed by atoms with Gasteiger partial charge in [-0.25, -0.2) is 4.98 Å². The molecule has 3 aromatic rings. The second-order valence-corrected chi connectivity index (χ2v) is 8.61. The van der Waals surface area contributed by atoms with E-state index in [4.69, 9.17) is 0 Å². The first-order chi connectivity index (χ1) is 13.0. The van der Waals surface area contributed by atoms with Crippen molar-refractivity contribution in [3.05, 3.63) is 86.8 Å². The van der Waals surface area contributed by atoms with Gasteiger partial charge in [0.25, 0.3) is 0 Å². The maximum atomic E-state index is 12.1. The average molecular weight is 441 g/mol. The fourth-order valence-electron chi connectivity index (χ4n) is 2.56. The molecular formula is C22H21BrN2OS. The maximum absolute atomic E-state index is 12.1. The number of rotatable bonds is 6. The molecule has 0 saturated heterocycles. The SMILES string of the molecule is CC(C)c1ccc(C=CC(=O)Nc2ncc(Cc3ccc(Br)cc3)s2)cc1. The molecule has 1 aromatic heterocycles. The van der Waals surface area contributed by atoms with Crippen LogP contribution in [0.2, 0.25) is 0 Å². The summed E-state index contributed by atoms with van der Waals surface area (Å²) in [5.41, 5.74) is 3.51. The number of carbonyl (C=O) groups excluding carboxylic acids is 1. The van der Waals surface area contributed by atoms with E-state index in [2.05, 4.69) is 64.3 Å². The van der Waals surface area contributed by atoms with Crippen molar-refractivity contribution in [2.45, 2.75) is 26.2 Å². The lowest BCUT2D eigenvalue weighted by atomic mass is 10.0. The number of aromatic nitrogens is 1. The van der Waals surface area contributed by atoms with Gasteiger partial charge >= 0.3 is 0 Å². The standard InChI is InChI=1S/C22H21BrN2OS/c1-15(2)18-8-3-16(4-9-18)7-12-21(26)25-22-24-14-20(27-22)13-17-5-10-19(23)11-6-17/h3-12,14-15H,13H2,1-2H3,(H,24,25,26). The first-order valence-corrected chi connectivity index (χ1v) is 10.4. The van der Waals surface area contributed by atoms with Gasteiger partial charge in [0.15, 0.2) is 5.13 Å². The van der Waals surface area contributed by atoms with Crippen LogP contribution in [0.3, 0.4) is 0 Å².